The molecular formula is C8H13NO2. The number of aliphatic hydroxyl groups excluding tert-OH is 2. The number of hydrogen-bond donors (Lipinski definition) is 3. The van der Waals surface area contributed by atoms with Crippen LogP contribution in [0.1, 0.15) is 6.42 Å². The molecule has 0 aromatic rings. The molecule has 4 N–H and O–H groups in total. The van der Waals surface area contributed by atoms with Gasteiger partial charge in [0.1, 0.15) is 0 Å². The fourth-order valence-corrected chi connectivity index (χ4v) is 1.24. The third-order valence-corrected chi connectivity index (χ3v) is 1.76. The predicted octanol–water partition coefficient (Wildman–Crippen LogP) is -0.240. The summed E-state index contributed by atoms with van der Waals surface area (Å²) in [5.41, 5.74) is 7.06. The molecule has 0 radical (unpaired) electrons. The Morgan fingerprint density at radius 2 is 2.27 bits per heavy atom. The maximum Gasteiger partial charge on any atom is 0.0645 e. The molecule has 0 aliphatic heterocycles. The summed E-state index contributed by atoms with van der Waals surface area (Å²) >= 11 is 0. The molecule has 0 unspecified atom stereocenters. The van der Waals surface area contributed by atoms with Crippen molar-refractivity contribution in [2.75, 3.05) is 13.2 Å². The highest BCUT2D eigenvalue weighted by Gasteiger charge is 2.11. The molecule has 0 fully saturated rings. The molecule has 3 nitrogen and oxygen atoms in total. The minimum absolute atomic E-state index is 0.0328. The smallest absolute Gasteiger partial charge is 0.0645 e. The van der Waals surface area contributed by atoms with Gasteiger partial charge < -0.3 is 15.9 Å². The summed E-state index contributed by atoms with van der Waals surface area (Å²) in [4.78, 5) is 0. The SMILES string of the molecule is NC1=C[C@@H](CO)CC(CO)=C1. The van der Waals surface area contributed by atoms with Crippen molar-refractivity contribution >= 4 is 0 Å². The summed E-state index contributed by atoms with van der Waals surface area (Å²) < 4.78 is 0. The van der Waals surface area contributed by atoms with Crippen molar-refractivity contribution in [3.05, 3.63) is 23.4 Å². The summed E-state index contributed by atoms with van der Waals surface area (Å²) in [7, 11) is 0. The highest BCUT2D eigenvalue weighted by Crippen LogP contribution is 2.19. The topological polar surface area (TPSA) is 66.5 Å². The molecule has 0 aromatic heterocycles. The van der Waals surface area contributed by atoms with Crippen LogP contribution in [0.15, 0.2) is 23.4 Å². The number of allylic oxidation sites excluding steroid dienone is 1. The molecule has 1 aliphatic rings. The highest BCUT2D eigenvalue weighted by molar-refractivity contribution is 5.27. The first-order chi connectivity index (χ1) is 5.26. The zero-order valence-corrected chi connectivity index (χ0v) is 6.33. The van der Waals surface area contributed by atoms with Crippen molar-refractivity contribution in [2.24, 2.45) is 11.7 Å². The molecule has 11 heavy (non-hydrogen) atoms. The standard InChI is InChI=1S/C8H13NO2/c9-8-2-6(4-10)1-7(3-8)5-11/h2-3,6,10-11H,1,4-5,9H2/t6-/m0/s1. The highest BCUT2D eigenvalue weighted by atomic mass is 16.3. The van der Waals surface area contributed by atoms with Crippen LogP contribution in [0.5, 0.6) is 0 Å². The maximum absolute atomic E-state index is 8.81. The Kier molecular flexibility index (Phi) is 2.68. The lowest BCUT2D eigenvalue weighted by atomic mass is 9.94. The van der Waals surface area contributed by atoms with Crippen molar-refractivity contribution in [1.82, 2.24) is 0 Å². The monoisotopic (exact) mass is 155 g/mol. The molecule has 0 aromatic carbocycles. The van der Waals surface area contributed by atoms with Gasteiger partial charge in [-0.15, -0.1) is 0 Å². The third-order valence-electron chi connectivity index (χ3n) is 1.76. The Morgan fingerprint density at radius 1 is 1.55 bits per heavy atom. The third kappa shape index (κ3) is 2.06. The molecular weight excluding hydrogens is 142 g/mol. The zero-order chi connectivity index (χ0) is 8.27. The van der Waals surface area contributed by atoms with Crippen LogP contribution in [0.25, 0.3) is 0 Å². The zero-order valence-electron chi connectivity index (χ0n) is 6.33. The van der Waals surface area contributed by atoms with Gasteiger partial charge in [-0.3, -0.25) is 0 Å². The van der Waals surface area contributed by atoms with Gasteiger partial charge in [-0.05, 0) is 18.1 Å². The maximum atomic E-state index is 8.81. The average molecular weight is 155 g/mol. The molecule has 0 saturated heterocycles. The van der Waals surface area contributed by atoms with Gasteiger partial charge in [-0.25, -0.2) is 0 Å². The summed E-state index contributed by atoms with van der Waals surface area (Å²) in [6.07, 6.45) is 4.29. The summed E-state index contributed by atoms with van der Waals surface area (Å²) in [6.45, 7) is 0.128. The van der Waals surface area contributed by atoms with Gasteiger partial charge in [0.25, 0.3) is 0 Å². The van der Waals surface area contributed by atoms with E-state index in [9.17, 15) is 0 Å². The predicted molar refractivity (Wildman–Crippen MR) is 42.6 cm³/mol. The largest absolute Gasteiger partial charge is 0.399 e. The lowest BCUT2D eigenvalue weighted by molar-refractivity contribution is 0.243. The van der Waals surface area contributed by atoms with Crippen LogP contribution >= 0.6 is 0 Å². The van der Waals surface area contributed by atoms with Gasteiger partial charge in [0.15, 0.2) is 0 Å². The van der Waals surface area contributed by atoms with Crippen LogP contribution in [0, 0.1) is 5.92 Å². The molecule has 0 bridgehead atoms. The second-order valence-corrected chi connectivity index (χ2v) is 2.77. The van der Waals surface area contributed by atoms with Crippen LogP contribution in [-0.4, -0.2) is 23.4 Å². The molecule has 0 amide bonds. The van der Waals surface area contributed by atoms with E-state index in [-0.39, 0.29) is 19.1 Å². The minimum Gasteiger partial charge on any atom is -0.399 e. The van der Waals surface area contributed by atoms with E-state index in [1.165, 1.54) is 0 Å². The van der Waals surface area contributed by atoms with Gasteiger partial charge in [0, 0.05) is 18.2 Å². The molecule has 0 heterocycles. The first kappa shape index (κ1) is 8.30. The van der Waals surface area contributed by atoms with E-state index in [2.05, 4.69) is 0 Å². The number of hydrogen-bond acceptors (Lipinski definition) is 3. The van der Waals surface area contributed by atoms with E-state index in [0.717, 1.165) is 5.57 Å². The van der Waals surface area contributed by atoms with Gasteiger partial charge in [-0.2, -0.15) is 0 Å². The molecule has 1 aliphatic carbocycles. The van der Waals surface area contributed by atoms with E-state index in [1.807, 2.05) is 6.08 Å². The van der Waals surface area contributed by atoms with Gasteiger partial charge in [0.2, 0.25) is 0 Å². The Labute approximate surface area is 65.8 Å². The Morgan fingerprint density at radius 3 is 2.82 bits per heavy atom. The Hall–Kier alpha value is -0.800. The first-order valence-corrected chi connectivity index (χ1v) is 3.64. The van der Waals surface area contributed by atoms with Crippen molar-refractivity contribution in [2.45, 2.75) is 6.42 Å². The van der Waals surface area contributed by atoms with Crippen molar-refractivity contribution in [1.29, 1.82) is 0 Å². The van der Waals surface area contributed by atoms with Gasteiger partial charge >= 0.3 is 0 Å². The molecule has 0 spiro atoms. The van der Waals surface area contributed by atoms with Crippen LogP contribution in [0.2, 0.25) is 0 Å². The lowest BCUT2D eigenvalue weighted by Gasteiger charge is -2.16. The quantitative estimate of drug-likeness (QED) is 0.515. The van der Waals surface area contributed by atoms with Crippen molar-refractivity contribution < 1.29 is 10.2 Å². The Balaban J connectivity index is 2.67. The van der Waals surface area contributed by atoms with E-state index in [0.29, 0.717) is 12.1 Å². The summed E-state index contributed by atoms with van der Waals surface area (Å²) in [5, 5.41) is 17.6. The molecule has 0 saturated carbocycles. The molecule has 62 valence electrons. The van der Waals surface area contributed by atoms with Crippen LogP contribution in [0.4, 0.5) is 0 Å². The van der Waals surface area contributed by atoms with Gasteiger partial charge in [-0.1, -0.05) is 6.08 Å². The fraction of sp³-hybridized carbons (Fsp3) is 0.500. The fourth-order valence-electron chi connectivity index (χ4n) is 1.24. The van der Waals surface area contributed by atoms with Crippen LogP contribution < -0.4 is 5.73 Å². The molecule has 1 rings (SSSR count). The normalized spacial score (nSPS) is 24.4. The van der Waals surface area contributed by atoms with Crippen LogP contribution in [-0.2, 0) is 0 Å². The van der Waals surface area contributed by atoms with E-state index in [1.54, 1.807) is 6.08 Å². The molecule has 1 atom stereocenters. The van der Waals surface area contributed by atoms with Gasteiger partial charge in [0.05, 0.1) is 6.61 Å². The van der Waals surface area contributed by atoms with Crippen molar-refractivity contribution in [3.63, 3.8) is 0 Å². The first-order valence-electron chi connectivity index (χ1n) is 3.64. The van der Waals surface area contributed by atoms with Crippen molar-refractivity contribution in [3.8, 4) is 0 Å². The Bertz CT molecular complexity index is 196. The second kappa shape index (κ2) is 3.55. The van der Waals surface area contributed by atoms with E-state index in [4.69, 9.17) is 15.9 Å². The summed E-state index contributed by atoms with van der Waals surface area (Å²) in [5.74, 6) is 0.0853. The average Bonchev–Trinajstić information content (AvgIpc) is 2.03. The van der Waals surface area contributed by atoms with E-state index >= 15 is 0 Å². The second-order valence-electron chi connectivity index (χ2n) is 2.77. The molecule has 3 heteroatoms. The number of aliphatic hydroxyl groups is 2. The van der Waals surface area contributed by atoms with Crippen LogP contribution in [0.3, 0.4) is 0 Å². The summed E-state index contributed by atoms with van der Waals surface area (Å²) in [6, 6.07) is 0. The lowest BCUT2D eigenvalue weighted by Crippen LogP contribution is -2.13. The van der Waals surface area contributed by atoms with E-state index < -0.39 is 0 Å². The number of rotatable bonds is 2. The number of nitrogens with two attached hydrogens (primary N) is 1. The minimum atomic E-state index is 0.0328.